The lowest BCUT2D eigenvalue weighted by atomic mass is 10.1. The van der Waals surface area contributed by atoms with Crippen LogP contribution in [0.25, 0.3) is 0 Å². The number of carbonyl (C=O) groups is 1. The summed E-state index contributed by atoms with van der Waals surface area (Å²) in [7, 11) is 0. The Morgan fingerprint density at radius 1 is 1.10 bits per heavy atom. The van der Waals surface area contributed by atoms with E-state index in [1.165, 1.54) is 18.3 Å². The molecule has 0 spiro atoms. The van der Waals surface area contributed by atoms with Crippen molar-refractivity contribution < 1.29 is 9.18 Å². The van der Waals surface area contributed by atoms with Crippen molar-refractivity contribution >= 4 is 6.29 Å². The molecule has 0 fully saturated rings. The highest BCUT2D eigenvalue weighted by atomic mass is 19.1. The van der Waals surface area contributed by atoms with Crippen LogP contribution in [0.1, 0.15) is 49.3 Å². The van der Waals surface area contributed by atoms with Crippen molar-refractivity contribution in [2.24, 2.45) is 0 Å². The lowest BCUT2D eigenvalue weighted by Crippen LogP contribution is -1.93. The van der Waals surface area contributed by atoms with Crippen molar-refractivity contribution in [3.8, 4) is 0 Å². The summed E-state index contributed by atoms with van der Waals surface area (Å²) in [4.78, 5) is 14.6. The quantitative estimate of drug-likeness (QED) is 0.761. The van der Waals surface area contributed by atoms with Crippen molar-refractivity contribution in [3.05, 3.63) is 65.2 Å². The summed E-state index contributed by atoms with van der Waals surface area (Å²) in [6, 6.07) is 9.88. The Hall–Kier alpha value is -2.03. The van der Waals surface area contributed by atoms with Crippen LogP contribution in [-0.4, -0.2) is 11.3 Å². The van der Waals surface area contributed by atoms with Gasteiger partial charge in [-0.2, -0.15) is 0 Å². The first-order chi connectivity index (χ1) is 9.78. The zero-order chi connectivity index (χ0) is 15.4. The Kier molecular flexibility index (Phi) is 9.75. The topological polar surface area (TPSA) is 30.0 Å². The Balaban J connectivity index is 0.000000829. The molecule has 0 saturated heterocycles. The predicted molar refractivity (Wildman–Crippen MR) is 81.5 cm³/mol. The van der Waals surface area contributed by atoms with Gasteiger partial charge in [-0.1, -0.05) is 39.8 Å². The normalized spacial score (nSPS) is 8.65. The molecule has 0 amide bonds. The highest BCUT2D eigenvalue weighted by Gasteiger charge is 1.99. The summed E-state index contributed by atoms with van der Waals surface area (Å²) in [5.74, 6) is -0.248. The fraction of sp³-hybridized carbons (Fsp3) is 0.294. The van der Waals surface area contributed by atoms with Gasteiger partial charge in [-0.3, -0.25) is 9.78 Å². The van der Waals surface area contributed by atoms with Gasteiger partial charge in [-0.25, -0.2) is 4.39 Å². The maximum atomic E-state index is 12.9. The second-order valence-corrected chi connectivity index (χ2v) is 3.51. The molecule has 0 aliphatic heterocycles. The number of pyridine rings is 1. The third kappa shape index (κ3) is 6.23. The van der Waals surface area contributed by atoms with E-state index >= 15 is 0 Å². The summed E-state index contributed by atoms with van der Waals surface area (Å²) in [6.45, 7) is 8.00. The lowest BCUT2D eigenvalue weighted by molar-refractivity contribution is 0.112. The number of aromatic nitrogens is 1. The summed E-state index contributed by atoms with van der Waals surface area (Å²) in [5.41, 5.74) is 2.23. The molecule has 1 aromatic heterocycles. The SMILES string of the molecule is CC.CC.O=Cc1ccc(Cc2cccc(F)c2)nc1. The minimum absolute atomic E-state index is 0.248. The molecule has 2 nitrogen and oxygen atoms in total. The summed E-state index contributed by atoms with van der Waals surface area (Å²) in [5, 5.41) is 0. The molecule has 0 N–H and O–H groups in total. The van der Waals surface area contributed by atoms with Crippen molar-refractivity contribution in [1.82, 2.24) is 4.98 Å². The van der Waals surface area contributed by atoms with Gasteiger partial charge in [0.05, 0.1) is 0 Å². The number of nitrogens with zero attached hydrogens (tertiary/aromatic N) is 1. The molecule has 0 unspecified atom stereocenters. The molecular formula is C17H22FNO. The van der Waals surface area contributed by atoms with Crippen molar-refractivity contribution in [2.45, 2.75) is 34.1 Å². The van der Waals surface area contributed by atoms with Crippen LogP contribution in [0.15, 0.2) is 42.6 Å². The van der Waals surface area contributed by atoms with Gasteiger partial charge >= 0.3 is 0 Å². The molecule has 20 heavy (non-hydrogen) atoms. The molecule has 0 atom stereocenters. The molecular weight excluding hydrogens is 253 g/mol. The highest BCUT2D eigenvalue weighted by molar-refractivity contribution is 5.73. The van der Waals surface area contributed by atoms with E-state index in [0.717, 1.165) is 17.5 Å². The Labute approximate surface area is 120 Å². The second-order valence-electron chi connectivity index (χ2n) is 3.51. The average Bonchev–Trinajstić information content (AvgIpc) is 2.52. The van der Waals surface area contributed by atoms with Crippen LogP contribution in [0, 0.1) is 5.82 Å². The molecule has 0 radical (unpaired) electrons. The zero-order valence-corrected chi connectivity index (χ0v) is 12.6. The van der Waals surface area contributed by atoms with Crippen LogP contribution >= 0.6 is 0 Å². The van der Waals surface area contributed by atoms with E-state index in [1.807, 2.05) is 33.8 Å². The lowest BCUT2D eigenvalue weighted by Gasteiger charge is -2.01. The first kappa shape index (κ1) is 18.0. The summed E-state index contributed by atoms with van der Waals surface area (Å²) < 4.78 is 12.9. The molecule has 1 heterocycles. The molecule has 108 valence electrons. The van der Waals surface area contributed by atoms with Gasteiger partial charge in [0, 0.05) is 23.9 Å². The van der Waals surface area contributed by atoms with Gasteiger partial charge in [0.15, 0.2) is 6.29 Å². The van der Waals surface area contributed by atoms with Gasteiger partial charge in [0.1, 0.15) is 5.82 Å². The number of carbonyl (C=O) groups excluding carboxylic acids is 1. The van der Waals surface area contributed by atoms with Gasteiger partial charge in [0.25, 0.3) is 0 Å². The third-order valence-electron chi connectivity index (χ3n) is 2.26. The smallest absolute Gasteiger partial charge is 0.151 e. The zero-order valence-electron chi connectivity index (χ0n) is 12.6. The summed E-state index contributed by atoms with van der Waals surface area (Å²) in [6.07, 6.45) is 2.83. The second kappa shape index (κ2) is 10.9. The van der Waals surface area contributed by atoms with E-state index in [4.69, 9.17) is 0 Å². The number of halogens is 1. The Morgan fingerprint density at radius 3 is 2.30 bits per heavy atom. The van der Waals surface area contributed by atoms with Crippen LogP contribution in [0.5, 0.6) is 0 Å². The number of aldehydes is 1. The molecule has 2 rings (SSSR count). The average molecular weight is 275 g/mol. The first-order valence-corrected chi connectivity index (χ1v) is 6.92. The van der Waals surface area contributed by atoms with E-state index in [-0.39, 0.29) is 5.82 Å². The summed E-state index contributed by atoms with van der Waals surface area (Å²) >= 11 is 0. The van der Waals surface area contributed by atoms with Gasteiger partial charge in [0.2, 0.25) is 0 Å². The van der Waals surface area contributed by atoms with Crippen LogP contribution in [0.2, 0.25) is 0 Å². The molecule has 0 saturated carbocycles. The highest BCUT2D eigenvalue weighted by Crippen LogP contribution is 2.09. The van der Waals surface area contributed by atoms with Crippen LogP contribution in [-0.2, 0) is 6.42 Å². The molecule has 0 aliphatic rings. The number of rotatable bonds is 3. The van der Waals surface area contributed by atoms with Crippen molar-refractivity contribution in [1.29, 1.82) is 0 Å². The molecule has 1 aromatic carbocycles. The molecule has 0 bridgehead atoms. The van der Waals surface area contributed by atoms with Crippen molar-refractivity contribution in [2.75, 3.05) is 0 Å². The number of benzene rings is 1. The van der Waals surface area contributed by atoms with Crippen LogP contribution < -0.4 is 0 Å². The maximum Gasteiger partial charge on any atom is 0.151 e. The third-order valence-corrected chi connectivity index (χ3v) is 2.26. The maximum absolute atomic E-state index is 12.9. The molecule has 2 aromatic rings. The van der Waals surface area contributed by atoms with Crippen LogP contribution in [0.3, 0.4) is 0 Å². The number of hydrogen-bond donors (Lipinski definition) is 0. The van der Waals surface area contributed by atoms with Crippen LogP contribution in [0.4, 0.5) is 4.39 Å². The minimum Gasteiger partial charge on any atom is -0.298 e. The standard InChI is InChI=1S/C13H10FNO.2C2H6/c14-12-3-1-2-10(6-12)7-13-5-4-11(9-16)8-15-13;2*1-2/h1-6,8-9H,7H2;2*1-2H3. The van der Waals surface area contributed by atoms with E-state index in [0.29, 0.717) is 12.0 Å². The Morgan fingerprint density at radius 2 is 1.80 bits per heavy atom. The fourth-order valence-corrected chi connectivity index (χ4v) is 1.47. The van der Waals surface area contributed by atoms with E-state index in [2.05, 4.69) is 4.98 Å². The molecule has 3 heteroatoms. The molecule has 0 aliphatic carbocycles. The van der Waals surface area contributed by atoms with E-state index in [1.54, 1.807) is 18.2 Å². The number of hydrogen-bond acceptors (Lipinski definition) is 2. The first-order valence-electron chi connectivity index (χ1n) is 6.92. The fourth-order valence-electron chi connectivity index (χ4n) is 1.47. The van der Waals surface area contributed by atoms with Gasteiger partial charge in [-0.15, -0.1) is 0 Å². The van der Waals surface area contributed by atoms with Gasteiger partial charge in [-0.05, 0) is 29.8 Å². The monoisotopic (exact) mass is 275 g/mol. The largest absolute Gasteiger partial charge is 0.298 e. The minimum atomic E-state index is -0.248. The van der Waals surface area contributed by atoms with E-state index < -0.39 is 0 Å². The van der Waals surface area contributed by atoms with Gasteiger partial charge < -0.3 is 0 Å². The van der Waals surface area contributed by atoms with E-state index in [9.17, 15) is 9.18 Å². The predicted octanol–water partition coefficient (Wildman–Crippen LogP) is 4.68. The Bertz CT molecular complexity index is 495. The van der Waals surface area contributed by atoms with Crippen molar-refractivity contribution in [3.63, 3.8) is 0 Å².